The molecule has 3 aliphatic heterocycles. The van der Waals surface area contributed by atoms with Crippen LogP contribution in [0, 0.1) is 5.41 Å². The highest BCUT2D eigenvalue weighted by molar-refractivity contribution is 9.10. The molecule has 0 spiro atoms. The van der Waals surface area contributed by atoms with Crippen LogP contribution < -0.4 is 10.1 Å². The maximum Gasteiger partial charge on any atom is 0.256 e. The van der Waals surface area contributed by atoms with Crippen LogP contribution >= 0.6 is 15.9 Å². The second-order valence-electron chi connectivity index (χ2n) is 7.85. The van der Waals surface area contributed by atoms with Gasteiger partial charge in [0.1, 0.15) is 18.2 Å². The van der Waals surface area contributed by atoms with Crippen molar-refractivity contribution >= 4 is 43.8 Å². The Morgan fingerprint density at radius 2 is 2.03 bits per heavy atom. The van der Waals surface area contributed by atoms with E-state index in [0.717, 1.165) is 30.4 Å². The lowest BCUT2D eigenvalue weighted by Crippen LogP contribution is -2.62. The van der Waals surface area contributed by atoms with Gasteiger partial charge in [-0.25, -0.2) is 8.42 Å². The lowest BCUT2D eigenvalue weighted by molar-refractivity contribution is -0.150. The normalized spacial score (nSPS) is 20.6. The molecule has 0 atom stereocenters. The van der Waals surface area contributed by atoms with Gasteiger partial charge in [0.2, 0.25) is 10.0 Å². The molecule has 168 valence electrons. The molecule has 4 rings (SSSR count). The van der Waals surface area contributed by atoms with Crippen LogP contribution in [0.3, 0.4) is 0 Å². The molecule has 2 N–H and O–H groups in total. The highest BCUT2D eigenvalue weighted by atomic mass is 79.9. The summed E-state index contributed by atoms with van der Waals surface area (Å²) in [5, 5.41) is 14.8. The van der Waals surface area contributed by atoms with E-state index >= 15 is 0 Å². The first-order valence-corrected chi connectivity index (χ1v) is 12.5. The molecule has 31 heavy (non-hydrogen) atoms. The molecule has 9 nitrogen and oxygen atoms in total. The number of rotatable bonds is 4. The fourth-order valence-electron chi connectivity index (χ4n) is 4.21. The van der Waals surface area contributed by atoms with Crippen molar-refractivity contribution in [3.63, 3.8) is 0 Å². The van der Waals surface area contributed by atoms with E-state index in [0.29, 0.717) is 17.1 Å². The number of nitrogens with zero attached hydrogens (tertiary/aromatic N) is 3. The molecular weight excluding hydrogens is 486 g/mol. The van der Waals surface area contributed by atoms with Crippen LogP contribution in [-0.2, 0) is 14.8 Å². The lowest BCUT2D eigenvalue weighted by atomic mass is 10.1. The number of nitrogens with one attached hydrogen (secondary N) is 2. The predicted octanol–water partition coefficient (Wildman–Crippen LogP) is 1.62. The van der Waals surface area contributed by atoms with Crippen LogP contribution in [0.5, 0.6) is 5.75 Å². The smallest absolute Gasteiger partial charge is 0.256 e. The van der Waals surface area contributed by atoms with E-state index in [1.807, 2.05) is 6.07 Å². The third kappa shape index (κ3) is 4.50. The number of hydrogen-bond acceptors (Lipinski definition) is 6. The zero-order valence-corrected chi connectivity index (χ0v) is 19.7. The molecule has 2 saturated heterocycles. The first kappa shape index (κ1) is 22.3. The number of fused-ring (bicyclic) bond motifs is 1. The van der Waals surface area contributed by atoms with E-state index in [1.165, 1.54) is 4.31 Å². The van der Waals surface area contributed by atoms with Crippen LogP contribution in [0.15, 0.2) is 27.6 Å². The summed E-state index contributed by atoms with van der Waals surface area (Å²) in [5.41, 5.74) is 0.689. The molecule has 3 heterocycles. The molecule has 0 aliphatic carbocycles. The van der Waals surface area contributed by atoms with E-state index in [2.05, 4.69) is 21.2 Å². The fourth-order valence-corrected chi connectivity index (χ4v) is 5.97. The topological polar surface area (TPSA) is 106 Å². The van der Waals surface area contributed by atoms with Gasteiger partial charge in [-0.15, -0.1) is 0 Å². The van der Waals surface area contributed by atoms with Gasteiger partial charge in [0.05, 0.1) is 24.0 Å². The number of amides is 1. The highest BCUT2D eigenvalue weighted by Gasteiger charge is 2.39. The average Bonchev–Trinajstić information content (AvgIpc) is 2.75. The monoisotopic (exact) mass is 511 g/mol. The number of sulfonamides is 1. The first-order valence-electron chi connectivity index (χ1n) is 10.3. The number of hydrogen-bond donors (Lipinski definition) is 2. The van der Waals surface area contributed by atoms with Crippen molar-refractivity contribution in [2.45, 2.75) is 25.8 Å². The Kier molecular flexibility index (Phi) is 6.38. The molecule has 3 aliphatic rings. The number of carbonyl (C=O) groups excluding carboxylic acids is 1. The van der Waals surface area contributed by atoms with Crippen molar-refractivity contribution in [1.29, 1.82) is 5.41 Å². The molecule has 0 bridgehead atoms. The molecule has 0 unspecified atom stereocenters. The summed E-state index contributed by atoms with van der Waals surface area (Å²) in [6.45, 7) is 3.41. The quantitative estimate of drug-likeness (QED) is 0.469. The maximum absolute atomic E-state index is 13.2. The van der Waals surface area contributed by atoms with E-state index < -0.39 is 10.0 Å². The zero-order valence-electron chi connectivity index (χ0n) is 17.3. The van der Waals surface area contributed by atoms with Gasteiger partial charge in [0.25, 0.3) is 5.91 Å². The minimum absolute atomic E-state index is 0.0659. The summed E-state index contributed by atoms with van der Waals surface area (Å²) in [5.74, 6) is 0.595. The van der Waals surface area contributed by atoms with E-state index in [1.54, 1.807) is 35.2 Å². The Morgan fingerprint density at radius 1 is 1.29 bits per heavy atom. The molecular formula is C20H26BrN5O4S. The van der Waals surface area contributed by atoms with Crippen molar-refractivity contribution in [1.82, 2.24) is 19.6 Å². The fraction of sp³-hybridized carbons (Fsp3) is 0.500. The second-order valence-corrected chi connectivity index (χ2v) is 10.8. The first-order chi connectivity index (χ1) is 14.8. The number of hydrazine groups is 1. The van der Waals surface area contributed by atoms with Crippen molar-refractivity contribution < 1.29 is 17.9 Å². The summed E-state index contributed by atoms with van der Waals surface area (Å²) in [6, 6.07) is 5.48. The number of carbonyl (C=O) groups is 1. The Bertz CT molecular complexity index is 1020. The van der Waals surface area contributed by atoms with E-state index in [4.69, 9.17) is 10.1 Å². The van der Waals surface area contributed by atoms with Gasteiger partial charge in [-0.05, 0) is 51.1 Å². The van der Waals surface area contributed by atoms with Gasteiger partial charge in [-0.3, -0.25) is 20.2 Å². The van der Waals surface area contributed by atoms with Crippen LogP contribution in [0.4, 0.5) is 0 Å². The summed E-state index contributed by atoms with van der Waals surface area (Å²) in [4.78, 5) is 13.1. The minimum Gasteiger partial charge on any atom is -0.487 e. The third-order valence-electron chi connectivity index (χ3n) is 5.75. The largest absolute Gasteiger partial charge is 0.487 e. The van der Waals surface area contributed by atoms with Crippen molar-refractivity contribution in [2.75, 3.05) is 39.3 Å². The highest BCUT2D eigenvalue weighted by Crippen LogP contribution is 2.32. The lowest BCUT2D eigenvalue weighted by Gasteiger charge is -2.45. The molecule has 1 aromatic rings. The van der Waals surface area contributed by atoms with Crippen LogP contribution in [0.1, 0.15) is 25.3 Å². The standard InChI is InChI=1S/C20H26BrN5O4S/c1-14(22)26(17-4-6-23-7-5-17)25-9-8-24(12-20(25)27)31(28,29)18-10-15-2-3-16(21)11-19(15)30-13-18/h2-3,10-11,17,22-23H,4-9,12-13H2,1H3. The predicted molar refractivity (Wildman–Crippen MR) is 121 cm³/mol. The van der Waals surface area contributed by atoms with Gasteiger partial charge in [-0.1, -0.05) is 22.0 Å². The Labute approximate surface area is 190 Å². The SMILES string of the molecule is CC(=N)N(C1CCNCC1)N1CCN(S(=O)(=O)C2=Cc3ccc(Br)cc3OC2)CC1=O. The average molecular weight is 512 g/mol. The third-order valence-corrected chi connectivity index (χ3v) is 8.14. The van der Waals surface area contributed by atoms with Gasteiger partial charge < -0.3 is 10.1 Å². The summed E-state index contributed by atoms with van der Waals surface area (Å²) in [6.07, 6.45) is 3.28. The molecule has 1 amide bonds. The Morgan fingerprint density at radius 3 is 2.71 bits per heavy atom. The molecule has 11 heteroatoms. The summed E-state index contributed by atoms with van der Waals surface area (Å²) in [7, 11) is -3.84. The molecule has 0 radical (unpaired) electrons. The molecule has 2 fully saturated rings. The van der Waals surface area contributed by atoms with Crippen LogP contribution in [0.25, 0.3) is 6.08 Å². The van der Waals surface area contributed by atoms with Crippen molar-refractivity contribution in [3.8, 4) is 5.75 Å². The molecule has 0 aromatic heterocycles. The van der Waals surface area contributed by atoms with E-state index in [-0.39, 0.29) is 43.1 Å². The number of ether oxygens (including phenoxy) is 1. The van der Waals surface area contributed by atoms with Crippen LogP contribution in [0.2, 0.25) is 0 Å². The minimum atomic E-state index is -3.84. The van der Waals surface area contributed by atoms with E-state index in [9.17, 15) is 13.2 Å². The van der Waals surface area contributed by atoms with Gasteiger partial charge >= 0.3 is 0 Å². The van der Waals surface area contributed by atoms with Gasteiger partial charge in [0, 0.05) is 16.6 Å². The van der Waals surface area contributed by atoms with Crippen LogP contribution in [-0.4, -0.2) is 79.9 Å². The van der Waals surface area contributed by atoms with Gasteiger partial charge in [0.15, 0.2) is 0 Å². The maximum atomic E-state index is 13.2. The molecule has 0 saturated carbocycles. The number of piperazine rings is 1. The Balaban J connectivity index is 1.51. The van der Waals surface area contributed by atoms with Crippen molar-refractivity contribution in [2.24, 2.45) is 0 Å². The van der Waals surface area contributed by atoms with Gasteiger partial charge in [-0.2, -0.15) is 4.31 Å². The molecule has 1 aromatic carbocycles. The second kappa shape index (κ2) is 8.89. The number of halogens is 1. The zero-order chi connectivity index (χ0) is 22.2. The number of benzene rings is 1. The number of amidine groups is 1. The Hall–Kier alpha value is -1.95. The summed E-state index contributed by atoms with van der Waals surface area (Å²) >= 11 is 3.38. The number of piperidine rings is 1. The summed E-state index contributed by atoms with van der Waals surface area (Å²) < 4.78 is 34.1. The van der Waals surface area contributed by atoms with Crippen molar-refractivity contribution in [3.05, 3.63) is 33.1 Å².